The molecular formula is C26H30N2O5S. The van der Waals surface area contributed by atoms with Crippen LogP contribution in [0, 0.1) is 11.8 Å². The van der Waals surface area contributed by atoms with Crippen LogP contribution in [0.3, 0.4) is 0 Å². The molecule has 4 rings (SSSR count). The van der Waals surface area contributed by atoms with E-state index >= 15 is 0 Å². The van der Waals surface area contributed by atoms with Gasteiger partial charge in [0.25, 0.3) is 0 Å². The van der Waals surface area contributed by atoms with Crippen molar-refractivity contribution in [3.05, 3.63) is 59.7 Å². The van der Waals surface area contributed by atoms with E-state index in [1.807, 2.05) is 38.1 Å². The number of aliphatic carboxylic acids is 1. The molecule has 34 heavy (non-hydrogen) atoms. The third kappa shape index (κ3) is 4.64. The van der Waals surface area contributed by atoms with Crippen molar-refractivity contribution in [2.75, 3.05) is 18.2 Å². The number of carboxylic acid groups (broad SMARTS) is 1. The van der Waals surface area contributed by atoms with Gasteiger partial charge in [0.05, 0.1) is 11.8 Å². The number of hydrogen-bond donors (Lipinski definition) is 2. The zero-order valence-corrected chi connectivity index (χ0v) is 20.4. The van der Waals surface area contributed by atoms with E-state index in [0.717, 1.165) is 22.3 Å². The Hall–Kier alpha value is -3.00. The number of thioether (sulfide) groups is 1. The summed E-state index contributed by atoms with van der Waals surface area (Å²) in [4.78, 5) is 38.9. The Morgan fingerprint density at radius 1 is 1.06 bits per heavy atom. The second-order valence-electron chi connectivity index (χ2n) is 9.19. The Morgan fingerprint density at radius 3 is 2.21 bits per heavy atom. The van der Waals surface area contributed by atoms with E-state index in [9.17, 15) is 19.5 Å². The monoisotopic (exact) mass is 482 g/mol. The fourth-order valence-corrected chi connectivity index (χ4v) is 6.20. The second-order valence-corrected chi connectivity index (χ2v) is 10.2. The number of rotatable bonds is 7. The lowest BCUT2D eigenvalue weighted by atomic mass is 9.87. The van der Waals surface area contributed by atoms with Gasteiger partial charge >= 0.3 is 12.1 Å². The average molecular weight is 483 g/mol. The smallest absolute Gasteiger partial charge is 0.407 e. The Balaban J connectivity index is 1.41. The maximum atomic E-state index is 13.2. The summed E-state index contributed by atoms with van der Waals surface area (Å²) < 4.78 is 5.63. The highest BCUT2D eigenvalue weighted by molar-refractivity contribution is 7.99. The van der Waals surface area contributed by atoms with Crippen molar-refractivity contribution in [2.24, 2.45) is 11.8 Å². The molecule has 3 unspecified atom stereocenters. The maximum Gasteiger partial charge on any atom is 0.407 e. The molecule has 3 atom stereocenters. The summed E-state index contributed by atoms with van der Waals surface area (Å²) in [5.41, 5.74) is 4.57. The number of carboxylic acids is 1. The van der Waals surface area contributed by atoms with Gasteiger partial charge in [-0.3, -0.25) is 4.79 Å². The minimum atomic E-state index is -1.00. The number of ether oxygens (including phenoxy) is 1. The maximum absolute atomic E-state index is 13.2. The molecule has 2 aliphatic rings. The number of fused-ring (bicyclic) bond motifs is 3. The number of nitrogens with zero attached hydrogens (tertiary/aromatic N) is 1. The van der Waals surface area contributed by atoms with Gasteiger partial charge in [-0.2, -0.15) is 0 Å². The Labute approximate surface area is 203 Å². The second kappa shape index (κ2) is 10.1. The van der Waals surface area contributed by atoms with E-state index in [-0.39, 0.29) is 24.3 Å². The van der Waals surface area contributed by atoms with Crippen molar-refractivity contribution in [2.45, 2.75) is 38.8 Å². The van der Waals surface area contributed by atoms with Crippen molar-refractivity contribution < 1.29 is 24.2 Å². The number of carbonyl (C=O) groups excluding carboxylic acids is 2. The van der Waals surface area contributed by atoms with E-state index in [1.165, 1.54) is 16.7 Å². The highest BCUT2D eigenvalue weighted by atomic mass is 32.2. The average Bonchev–Trinajstić information content (AvgIpc) is 3.41. The molecular weight excluding hydrogens is 452 g/mol. The molecule has 0 spiro atoms. The molecule has 1 fully saturated rings. The normalized spacial score (nSPS) is 18.8. The third-order valence-electron chi connectivity index (χ3n) is 6.68. The lowest BCUT2D eigenvalue weighted by Crippen LogP contribution is -2.52. The number of nitrogens with one attached hydrogen (secondary N) is 1. The molecule has 2 aromatic carbocycles. The van der Waals surface area contributed by atoms with Gasteiger partial charge in [0, 0.05) is 17.7 Å². The third-order valence-corrected chi connectivity index (χ3v) is 7.69. The molecule has 180 valence electrons. The van der Waals surface area contributed by atoms with Gasteiger partial charge in [0.15, 0.2) is 0 Å². The Bertz CT molecular complexity index is 1040. The van der Waals surface area contributed by atoms with Gasteiger partial charge in [-0.25, -0.2) is 9.59 Å². The number of amides is 2. The zero-order chi connectivity index (χ0) is 24.4. The summed E-state index contributed by atoms with van der Waals surface area (Å²) in [6.45, 7) is 5.76. The molecule has 1 aliphatic heterocycles. The van der Waals surface area contributed by atoms with Crippen LogP contribution in [0.1, 0.15) is 37.8 Å². The van der Waals surface area contributed by atoms with Crippen LogP contribution in [-0.2, 0) is 14.3 Å². The van der Waals surface area contributed by atoms with E-state index in [4.69, 9.17) is 4.74 Å². The van der Waals surface area contributed by atoms with Gasteiger partial charge < -0.3 is 20.1 Å². The lowest BCUT2D eigenvalue weighted by molar-refractivity contribution is -0.150. The number of alkyl carbamates (subject to hydrolysis) is 1. The van der Waals surface area contributed by atoms with Gasteiger partial charge in [-0.15, -0.1) is 11.8 Å². The molecule has 0 radical (unpaired) electrons. The minimum absolute atomic E-state index is 0.0473. The molecule has 2 N–H and O–H groups in total. The Kier molecular flexibility index (Phi) is 7.16. The standard InChI is InChI=1S/C26H30N2O5S/c1-15(2)23(24(29)28-14-34-13-22(28)25(30)31)16(3)27-26(32)33-12-21-19-10-6-4-8-17(19)18-9-5-7-11-20(18)21/h4-11,15-16,21-23H,12-14H2,1-3H3,(H,27,32)(H,30,31). The number of carbonyl (C=O) groups is 3. The molecule has 1 saturated heterocycles. The predicted molar refractivity (Wildman–Crippen MR) is 132 cm³/mol. The zero-order valence-electron chi connectivity index (χ0n) is 19.6. The van der Waals surface area contributed by atoms with Crippen LogP contribution < -0.4 is 5.32 Å². The van der Waals surface area contributed by atoms with E-state index in [1.54, 1.807) is 6.92 Å². The summed E-state index contributed by atoms with van der Waals surface area (Å²) >= 11 is 1.42. The van der Waals surface area contributed by atoms with Crippen LogP contribution >= 0.6 is 11.8 Å². The van der Waals surface area contributed by atoms with Crippen molar-refractivity contribution in [1.82, 2.24) is 10.2 Å². The molecule has 7 nitrogen and oxygen atoms in total. The van der Waals surface area contributed by atoms with E-state index in [0.29, 0.717) is 11.6 Å². The highest BCUT2D eigenvalue weighted by Gasteiger charge is 2.41. The quantitative estimate of drug-likeness (QED) is 0.615. The van der Waals surface area contributed by atoms with Crippen LogP contribution in [0.5, 0.6) is 0 Å². The van der Waals surface area contributed by atoms with Crippen LogP contribution in [0.4, 0.5) is 4.79 Å². The van der Waals surface area contributed by atoms with Gasteiger partial charge in [-0.1, -0.05) is 62.4 Å². The van der Waals surface area contributed by atoms with Crippen molar-refractivity contribution in [1.29, 1.82) is 0 Å². The van der Waals surface area contributed by atoms with Crippen molar-refractivity contribution in [3.63, 3.8) is 0 Å². The van der Waals surface area contributed by atoms with Crippen molar-refractivity contribution in [3.8, 4) is 11.1 Å². The molecule has 1 aliphatic carbocycles. The summed E-state index contributed by atoms with van der Waals surface area (Å²) in [5, 5.41) is 12.3. The van der Waals surface area contributed by atoms with Gasteiger partial charge in [0.1, 0.15) is 12.6 Å². The first kappa shape index (κ1) is 24.1. The number of hydrogen-bond acceptors (Lipinski definition) is 5. The molecule has 8 heteroatoms. The van der Waals surface area contributed by atoms with E-state index in [2.05, 4.69) is 29.6 Å². The summed E-state index contributed by atoms with van der Waals surface area (Å²) in [7, 11) is 0. The SMILES string of the molecule is CC(C)C(C(=O)N1CSCC1C(=O)O)C(C)NC(=O)OCC1c2ccccc2-c2ccccc21. The summed E-state index contributed by atoms with van der Waals surface area (Å²) in [6.07, 6.45) is -0.585. The van der Waals surface area contributed by atoms with Crippen molar-refractivity contribution >= 4 is 29.7 Å². The van der Waals surface area contributed by atoms with E-state index < -0.39 is 30.1 Å². The molecule has 1 heterocycles. The largest absolute Gasteiger partial charge is 0.480 e. The summed E-state index contributed by atoms with van der Waals surface area (Å²) in [5.74, 6) is -1.22. The molecule has 0 aromatic heterocycles. The summed E-state index contributed by atoms with van der Waals surface area (Å²) in [6, 6.07) is 14.9. The van der Waals surface area contributed by atoms with Gasteiger partial charge in [-0.05, 0) is 35.1 Å². The number of benzene rings is 2. The molecule has 0 bridgehead atoms. The first-order valence-electron chi connectivity index (χ1n) is 11.5. The van der Waals surface area contributed by atoms with Gasteiger partial charge in [0.2, 0.25) is 5.91 Å². The first-order chi connectivity index (χ1) is 16.3. The topological polar surface area (TPSA) is 95.9 Å². The first-order valence-corrected chi connectivity index (χ1v) is 12.7. The molecule has 2 aromatic rings. The fourth-order valence-electron chi connectivity index (χ4n) is 5.05. The predicted octanol–water partition coefficient (Wildman–Crippen LogP) is 4.17. The van der Waals surface area contributed by atoms with Crippen LogP contribution in [0.25, 0.3) is 11.1 Å². The van der Waals surface area contributed by atoms with Crippen LogP contribution in [0.2, 0.25) is 0 Å². The lowest BCUT2D eigenvalue weighted by Gasteiger charge is -2.32. The fraction of sp³-hybridized carbons (Fsp3) is 0.423. The Morgan fingerprint density at radius 2 is 1.65 bits per heavy atom. The van der Waals surface area contributed by atoms with Crippen LogP contribution in [-0.4, -0.2) is 58.3 Å². The highest BCUT2D eigenvalue weighted by Crippen LogP contribution is 2.44. The molecule has 2 amide bonds. The minimum Gasteiger partial charge on any atom is -0.480 e. The van der Waals surface area contributed by atoms with Crippen LogP contribution in [0.15, 0.2) is 48.5 Å². The molecule has 0 saturated carbocycles.